The number of carbonyl (C=O) groups is 1. The number of halogens is 2. The summed E-state index contributed by atoms with van der Waals surface area (Å²) in [4.78, 5) is 16.4. The van der Waals surface area contributed by atoms with Gasteiger partial charge >= 0.3 is 6.03 Å². The van der Waals surface area contributed by atoms with Crippen molar-refractivity contribution in [1.82, 2.24) is 4.90 Å². The Morgan fingerprint density at radius 3 is 2.42 bits per heavy atom. The van der Waals surface area contributed by atoms with Crippen molar-refractivity contribution >= 4 is 40.6 Å². The number of nitrogens with one attached hydrogen (secondary N) is 1. The average molecular weight is 394 g/mol. The number of hydrogen-bond donors (Lipinski definition) is 1. The zero-order valence-corrected chi connectivity index (χ0v) is 16.1. The second kappa shape index (κ2) is 8.52. The van der Waals surface area contributed by atoms with E-state index in [1.807, 2.05) is 43.3 Å². The first-order valence-corrected chi connectivity index (χ1v) is 9.32. The van der Waals surface area contributed by atoms with Gasteiger partial charge in [0, 0.05) is 31.9 Å². The summed E-state index contributed by atoms with van der Waals surface area (Å²) in [5.41, 5.74) is 1.66. The Bertz CT molecular complexity index is 760. The Labute approximate surface area is 163 Å². The molecule has 1 aliphatic rings. The first kappa shape index (κ1) is 18.7. The molecule has 0 aromatic heterocycles. The number of ether oxygens (including phenoxy) is 1. The van der Waals surface area contributed by atoms with Crippen LogP contribution < -0.4 is 15.0 Å². The number of anilines is 2. The molecule has 2 amide bonds. The van der Waals surface area contributed by atoms with Crippen molar-refractivity contribution < 1.29 is 9.53 Å². The van der Waals surface area contributed by atoms with Crippen molar-refractivity contribution in [2.75, 3.05) is 43.0 Å². The number of rotatable bonds is 4. The van der Waals surface area contributed by atoms with Gasteiger partial charge in [-0.15, -0.1) is 0 Å². The molecular formula is C19H21Cl2N3O2. The molecule has 0 radical (unpaired) electrons. The molecule has 7 heteroatoms. The highest BCUT2D eigenvalue weighted by atomic mass is 35.5. The molecule has 0 spiro atoms. The Kier molecular flexibility index (Phi) is 6.12. The lowest BCUT2D eigenvalue weighted by Gasteiger charge is -2.36. The Balaban J connectivity index is 1.55. The van der Waals surface area contributed by atoms with Gasteiger partial charge in [0.25, 0.3) is 0 Å². The highest BCUT2D eigenvalue weighted by Gasteiger charge is 2.23. The van der Waals surface area contributed by atoms with Crippen LogP contribution in [0, 0.1) is 0 Å². The maximum Gasteiger partial charge on any atom is 0.321 e. The summed E-state index contributed by atoms with van der Waals surface area (Å²) in [7, 11) is 0. The van der Waals surface area contributed by atoms with Crippen molar-refractivity contribution in [3.8, 4) is 5.75 Å². The minimum Gasteiger partial charge on any atom is -0.494 e. The van der Waals surface area contributed by atoms with E-state index in [4.69, 9.17) is 27.9 Å². The second-order valence-electron chi connectivity index (χ2n) is 5.93. The van der Waals surface area contributed by atoms with Gasteiger partial charge in [-0.05, 0) is 43.3 Å². The number of hydrogen-bond acceptors (Lipinski definition) is 3. The van der Waals surface area contributed by atoms with E-state index in [0.717, 1.165) is 17.1 Å². The minimum absolute atomic E-state index is 0.106. The summed E-state index contributed by atoms with van der Waals surface area (Å²) in [5, 5.41) is 4.02. The van der Waals surface area contributed by atoms with Crippen LogP contribution in [0.5, 0.6) is 5.75 Å². The summed E-state index contributed by atoms with van der Waals surface area (Å²) >= 11 is 12.4. The molecule has 1 saturated heterocycles. The fourth-order valence-corrected chi connectivity index (χ4v) is 3.31. The van der Waals surface area contributed by atoms with E-state index in [9.17, 15) is 4.79 Å². The molecule has 1 N–H and O–H groups in total. The molecule has 2 aromatic carbocycles. The van der Waals surface area contributed by atoms with Gasteiger partial charge in [0.15, 0.2) is 0 Å². The van der Waals surface area contributed by atoms with E-state index in [1.165, 1.54) is 0 Å². The smallest absolute Gasteiger partial charge is 0.321 e. The highest BCUT2D eigenvalue weighted by Crippen LogP contribution is 2.32. The summed E-state index contributed by atoms with van der Waals surface area (Å²) in [6.07, 6.45) is 0. The van der Waals surface area contributed by atoms with Crippen molar-refractivity contribution in [2.24, 2.45) is 0 Å². The molecule has 138 valence electrons. The number of urea groups is 1. The van der Waals surface area contributed by atoms with Gasteiger partial charge < -0.3 is 19.9 Å². The van der Waals surface area contributed by atoms with E-state index in [0.29, 0.717) is 42.8 Å². The first-order chi connectivity index (χ1) is 12.6. The van der Waals surface area contributed by atoms with Crippen LogP contribution >= 0.6 is 23.2 Å². The maximum atomic E-state index is 12.5. The van der Waals surface area contributed by atoms with E-state index >= 15 is 0 Å². The molecule has 1 fully saturated rings. The molecular weight excluding hydrogens is 373 g/mol. The lowest BCUT2D eigenvalue weighted by Crippen LogP contribution is -2.50. The van der Waals surface area contributed by atoms with E-state index in [-0.39, 0.29) is 6.03 Å². The topological polar surface area (TPSA) is 44.8 Å². The zero-order chi connectivity index (χ0) is 18.5. The van der Waals surface area contributed by atoms with E-state index in [1.54, 1.807) is 11.0 Å². The average Bonchev–Trinajstić information content (AvgIpc) is 2.66. The zero-order valence-electron chi connectivity index (χ0n) is 14.5. The van der Waals surface area contributed by atoms with Crippen LogP contribution in [0.25, 0.3) is 0 Å². The Morgan fingerprint density at radius 2 is 1.77 bits per heavy atom. The summed E-state index contributed by atoms with van der Waals surface area (Å²) < 4.78 is 5.41. The summed E-state index contributed by atoms with van der Waals surface area (Å²) in [6, 6.07) is 12.9. The van der Waals surface area contributed by atoms with Gasteiger partial charge in [0.1, 0.15) is 5.75 Å². The predicted octanol–water partition coefficient (Wildman–Crippen LogP) is 4.75. The van der Waals surface area contributed by atoms with Crippen LogP contribution in [0.2, 0.25) is 10.0 Å². The molecule has 0 saturated carbocycles. The molecule has 0 aliphatic carbocycles. The van der Waals surface area contributed by atoms with Crippen molar-refractivity contribution in [2.45, 2.75) is 6.92 Å². The SMILES string of the molecule is CCOc1ccc(NC(=O)N2CCN(c3cccc(Cl)c3Cl)CC2)cc1. The third kappa shape index (κ3) is 4.34. The molecule has 26 heavy (non-hydrogen) atoms. The number of carbonyl (C=O) groups excluding carboxylic acids is 1. The molecule has 0 bridgehead atoms. The van der Waals surface area contributed by atoms with Gasteiger partial charge in [0.05, 0.1) is 22.3 Å². The molecule has 1 heterocycles. The van der Waals surface area contributed by atoms with Gasteiger partial charge in [-0.3, -0.25) is 0 Å². The minimum atomic E-state index is -0.106. The maximum absolute atomic E-state index is 12.5. The first-order valence-electron chi connectivity index (χ1n) is 8.56. The second-order valence-corrected chi connectivity index (χ2v) is 6.72. The Hall–Kier alpha value is -2.11. The fourth-order valence-electron chi connectivity index (χ4n) is 2.89. The normalized spacial score (nSPS) is 14.3. The number of amides is 2. The van der Waals surface area contributed by atoms with Crippen molar-refractivity contribution in [3.63, 3.8) is 0 Å². The monoisotopic (exact) mass is 393 g/mol. The summed E-state index contributed by atoms with van der Waals surface area (Å²) in [6.45, 7) is 5.20. The van der Waals surface area contributed by atoms with Gasteiger partial charge in [0.2, 0.25) is 0 Å². The van der Waals surface area contributed by atoms with Crippen LogP contribution in [-0.4, -0.2) is 43.7 Å². The van der Waals surface area contributed by atoms with Crippen molar-refractivity contribution in [3.05, 3.63) is 52.5 Å². The Morgan fingerprint density at radius 1 is 1.08 bits per heavy atom. The number of benzene rings is 2. The fraction of sp³-hybridized carbons (Fsp3) is 0.316. The van der Waals surface area contributed by atoms with Crippen LogP contribution in [-0.2, 0) is 0 Å². The van der Waals surface area contributed by atoms with E-state index < -0.39 is 0 Å². The molecule has 1 aliphatic heterocycles. The van der Waals surface area contributed by atoms with Gasteiger partial charge in [-0.25, -0.2) is 4.79 Å². The summed E-state index contributed by atoms with van der Waals surface area (Å²) in [5.74, 6) is 0.789. The molecule has 3 rings (SSSR count). The molecule has 0 unspecified atom stereocenters. The van der Waals surface area contributed by atoms with Gasteiger partial charge in [-0.1, -0.05) is 29.3 Å². The largest absolute Gasteiger partial charge is 0.494 e. The third-order valence-electron chi connectivity index (χ3n) is 4.26. The third-order valence-corrected chi connectivity index (χ3v) is 5.06. The standard InChI is InChI=1S/C19H21Cl2N3O2/c1-2-26-15-8-6-14(7-9-15)22-19(25)24-12-10-23(11-13-24)17-5-3-4-16(20)18(17)21/h3-9H,2,10-13H2,1H3,(H,22,25). The molecule has 2 aromatic rings. The van der Waals surface area contributed by atoms with Crippen LogP contribution in [0.4, 0.5) is 16.2 Å². The molecule has 5 nitrogen and oxygen atoms in total. The van der Waals surface area contributed by atoms with Crippen molar-refractivity contribution in [1.29, 1.82) is 0 Å². The highest BCUT2D eigenvalue weighted by molar-refractivity contribution is 6.43. The lowest BCUT2D eigenvalue weighted by molar-refractivity contribution is 0.208. The quantitative estimate of drug-likeness (QED) is 0.814. The number of nitrogens with zero attached hydrogens (tertiary/aromatic N) is 2. The molecule has 0 atom stereocenters. The van der Waals surface area contributed by atoms with Crippen LogP contribution in [0.3, 0.4) is 0 Å². The predicted molar refractivity (Wildman–Crippen MR) is 107 cm³/mol. The van der Waals surface area contributed by atoms with Gasteiger partial charge in [-0.2, -0.15) is 0 Å². The van der Waals surface area contributed by atoms with E-state index in [2.05, 4.69) is 10.2 Å². The number of piperazine rings is 1. The lowest BCUT2D eigenvalue weighted by atomic mass is 10.2. The van der Waals surface area contributed by atoms with Crippen LogP contribution in [0.15, 0.2) is 42.5 Å². The van der Waals surface area contributed by atoms with Crippen LogP contribution in [0.1, 0.15) is 6.92 Å².